The van der Waals surface area contributed by atoms with Crippen molar-refractivity contribution in [3.05, 3.63) is 77.4 Å². The summed E-state index contributed by atoms with van der Waals surface area (Å²) in [6, 6.07) is 16.1. The smallest absolute Gasteiger partial charge is 0.246 e. The second-order valence-corrected chi connectivity index (χ2v) is 7.01. The van der Waals surface area contributed by atoms with Crippen LogP contribution >= 0.6 is 0 Å². The van der Waals surface area contributed by atoms with E-state index in [-0.39, 0.29) is 18.2 Å². The van der Waals surface area contributed by atoms with E-state index < -0.39 is 12.1 Å². The maximum absolute atomic E-state index is 13.1. The molecule has 1 fully saturated rings. The molecule has 0 aliphatic carbocycles. The molecule has 1 heterocycles. The maximum atomic E-state index is 13.1. The topological polar surface area (TPSA) is 64.4 Å². The fourth-order valence-electron chi connectivity index (χ4n) is 3.72. The summed E-state index contributed by atoms with van der Waals surface area (Å²) >= 11 is 0. The molecule has 2 atom stereocenters. The van der Waals surface area contributed by atoms with Crippen molar-refractivity contribution in [2.24, 2.45) is 0 Å². The van der Waals surface area contributed by atoms with Crippen LogP contribution in [0.3, 0.4) is 0 Å². The fourth-order valence-corrected chi connectivity index (χ4v) is 3.72. The van der Waals surface area contributed by atoms with Crippen LogP contribution in [0.15, 0.2) is 55.1 Å². The Morgan fingerprint density at radius 3 is 2.14 bits per heavy atom. The number of hydrogen-bond acceptors (Lipinski definition) is 3. The number of rotatable bonds is 5. The highest BCUT2D eigenvalue weighted by atomic mass is 16.2. The fraction of sp³-hybridized carbons (Fsp3) is 0.261. The Hall–Kier alpha value is -3.39. The van der Waals surface area contributed by atoms with Crippen molar-refractivity contribution >= 4 is 17.9 Å². The third-order valence-corrected chi connectivity index (χ3v) is 5.42. The lowest BCUT2D eigenvalue weighted by Crippen LogP contribution is -2.63. The van der Waals surface area contributed by atoms with Gasteiger partial charge in [-0.25, -0.2) is 0 Å². The second kappa shape index (κ2) is 8.10. The number of amides is 2. The van der Waals surface area contributed by atoms with E-state index in [0.717, 1.165) is 16.7 Å². The van der Waals surface area contributed by atoms with Crippen LogP contribution in [0.1, 0.15) is 22.3 Å². The maximum Gasteiger partial charge on any atom is 0.246 e. The first-order valence-corrected chi connectivity index (χ1v) is 9.19. The predicted molar refractivity (Wildman–Crippen MR) is 108 cm³/mol. The number of nitriles is 1. The molecular weight excluding hydrogens is 350 g/mol. The lowest BCUT2D eigenvalue weighted by atomic mass is 9.91. The van der Waals surface area contributed by atoms with Gasteiger partial charge in [0, 0.05) is 26.9 Å². The molecule has 2 aromatic rings. The summed E-state index contributed by atoms with van der Waals surface area (Å²) in [5.74, 6) is -0.212. The number of likely N-dealkylation sites (N-methyl/N-ethyl adjacent to an activating group) is 2. The molecule has 5 nitrogen and oxygen atoms in total. The minimum atomic E-state index is -0.641. The molecule has 0 spiro atoms. The largest absolute Gasteiger partial charge is 0.332 e. The van der Waals surface area contributed by atoms with E-state index in [9.17, 15) is 14.9 Å². The number of carbonyl (C=O) groups is 2. The second-order valence-electron chi connectivity index (χ2n) is 7.01. The third-order valence-electron chi connectivity index (χ3n) is 5.42. The van der Waals surface area contributed by atoms with E-state index in [1.807, 2.05) is 36.4 Å². The molecule has 0 N–H and O–H groups in total. The molecule has 5 heteroatoms. The van der Waals surface area contributed by atoms with E-state index in [1.54, 1.807) is 37.2 Å². The van der Waals surface area contributed by atoms with Crippen molar-refractivity contribution in [2.75, 3.05) is 14.1 Å². The molecule has 0 aromatic heterocycles. The van der Waals surface area contributed by atoms with Crippen LogP contribution in [0.4, 0.5) is 0 Å². The zero-order chi connectivity index (χ0) is 20.3. The van der Waals surface area contributed by atoms with Gasteiger partial charge in [-0.1, -0.05) is 55.1 Å². The van der Waals surface area contributed by atoms with Crippen molar-refractivity contribution in [3.63, 3.8) is 0 Å². The monoisotopic (exact) mass is 373 g/mol. The molecule has 2 amide bonds. The Kier molecular flexibility index (Phi) is 5.60. The number of hydrogen-bond donors (Lipinski definition) is 0. The summed E-state index contributed by atoms with van der Waals surface area (Å²) < 4.78 is 0. The van der Waals surface area contributed by atoms with Crippen molar-refractivity contribution in [2.45, 2.75) is 24.9 Å². The van der Waals surface area contributed by atoms with Gasteiger partial charge in [-0.05, 0) is 22.8 Å². The van der Waals surface area contributed by atoms with Gasteiger partial charge >= 0.3 is 0 Å². The SMILES string of the molecule is C=Cc1cccc(C#N)c1CC1C(=O)N(C)C(Cc2ccccc2)C(=O)N1C. The molecule has 3 rings (SSSR count). The highest BCUT2D eigenvalue weighted by molar-refractivity contribution is 5.97. The van der Waals surface area contributed by atoms with Crippen LogP contribution in [0.25, 0.3) is 6.08 Å². The van der Waals surface area contributed by atoms with E-state index in [4.69, 9.17) is 0 Å². The molecule has 28 heavy (non-hydrogen) atoms. The van der Waals surface area contributed by atoms with Gasteiger partial charge in [-0.15, -0.1) is 0 Å². The first-order chi connectivity index (χ1) is 13.5. The van der Waals surface area contributed by atoms with Gasteiger partial charge in [0.1, 0.15) is 12.1 Å². The molecule has 2 aromatic carbocycles. The Labute approximate surface area is 165 Å². The van der Waals surface area contributed by atoms with Crippen LogP contribution in [-0.4, -0.2) is 47.8 Å². The zero-order valence-electron chi connectivity index (χ0n) is 16.1. The molecule has 0 bridgehead atoms. The Morgan fingerprint density at radius 2 is 1.57 bits per heavy atom. The average molecular weight is 373 g/mol. The van der Waals surface area contributed by atoms with Crippen LogP contribution in [0.2, 0.25) is 0 Å². The van der Waals surface area contributed by atoms with Gasteiger partial charge in [0.15, 0.2) is 0 Å². The number of benzene rings is 2. The van der Waals surface area contributed by atoms with Gasteiger partial charge in [-0.2, -0.15) is 5.26 Å². The molecule has 0 saturated carbocycles. The van der Waals surface area contributed by atoms with Crippen LogP contribution < -0.4 is 0 Å². The van der Waals surface area contributed by atoms with Crippen molar-refractivity contribution < 1.29 is 9.59 Å². The normalized spacial score (nSPS) is 19.5. The van der Waals surface area contributed by atoms with E-state index in [2.05, 4.69) is 12.6 Å². The van der Waals surface area contributed by atoms with Crippen LogP contribution in [0, 0.1) is 11.3 Å². The third kappa shape index (κ3) is 3.54. The quantitative estimate of drug-likeness (QED) is 0.809. The highest BCUT2D eigenvalue weighted by Crippen LogP contribution is 2.25. The number of piperazine rings is 1. The average Bonchev–Trinajstić information content (AvgIpc) is 2.73. The summed E-state index contributed by atoms with van der Waals surface area (Å²) in [5, 5.41) is 9.45. The number of carbonyl (C=O) groups excluding carboxylic acids is 2. The molecule has 2 unspecified atom stereocenters. The van der Waals surface area contributed by atoms with Gasteiger partial charge in [0.2, 0.25) is 11.8 Å². The minimum Gasteiger partial charge on any atom is -0.332 e. The van der Waals surface area contributed by atoms with Crippen molar-refractivity contribution in [1.82, 2.24) is 9.80 Å². The first kappa shape index (κ1) is 19.4. The van der Waals surface area contributed by atoms with E-state index >= 15 is 0 Å². The summed E-state index contributed by atoms with van der Waals surface area (Å²) in [6.45, 7) is 3.80. The highest BCUT2D eigenvalue weighted by Gasteiger charge is 2.42. The van der Waals surface area contributed by atoms with Gasteiger partial charge in [0.25, 0.3) is 0 Å². The first-order valence-electron chi connectivity index (χ1n) is 9.19. The number of nitrogens with zero attached hydrogens (tertiary/aromatic N) is 3. The predicted octanol–water partition coefficient (Wildman–Crippen LogP) is 2.65. The molecule has 1 saturated heterocycles. The standard InChI is InChI=1S/C23H23N3O2/c1-4-17-11-8-12-18(15-24)19(17)14-21-23(28)25(2)20(22(27)26(21)3)13-16-9-6-5-7-10-16/h4-12,20-21H,1,13-14H2,2-3H3. The Bertz CT molecular complexity index is 946. The minimum absolute atomic E-state index is 0.0921. The molecule has 142 valence electrons. The Morgan fingerprint density at radius 1 is 0.964 bits per heavy atom. The van der Waals surface area contributed by atoms with E-state index in [1.165, 1.54) is 4.90 Å². The molecule has 1 aliphatic rings. The van der Waals surface area contributed by atoms with Gasteiger partial charge in [0.05, 0.1) is 11.6 Å². The Balaban J connectivity index is 1.88. The van der Waals surface area contributed by atoms with Gasteiger partial charge in [-0.3, -0.25) is 9.59 Å². The van der Waals surface area contributed by atoms with Crippen LogP contribution in [0.5, 0.6) is 0 Å². The summed E-state index contributed by atoms with van der Waals surface area (Å²) in [6.07, 6.45) is 2.44. The summed E-state index contributed by atoms with van der Waals surface area (Å²) in [5.41, 5.74) is 3.06. The molecule has 0 radical (unpaired) electrons. The van der Waals surface area contributed by atoms with Crippen molar-refractivity contribution in [3.8, 4) is 6.07 Å². The lowest BCUT2D eigenvalue weighted by Gasteiger charge is -2.42. The zero-order valence-corrected chi connectivity index (χ0v) is 16.1. The molecular formula is C23H23N3O2. The van der Waals surface area contributed by atoms with Crippen molar-refractivity contribution in [1.29, 1.82) is 5.26 Å². The van der Waals surface area contributed by atoms with Crippen LogP contribution in [-0.2, 0) is 22.4 Å². The van der Waals surface area contributed by atoms with Gasteiger partial charge < -0.3 is 9.80 Å². The van der Waals surface area contributed by atoms with E-state index in [0.29, 0.717) is 12.0 Å². The lowest BCUT2D eigenvalue weighted by molar-refractivity contribution is -0.158. The summed E-state index contributed by atoms with van der Waals surface area (Å²) in [4.78, 5) is 29.2. The molecule has 1 aliphatic heterocycles. The summed E-state index contributed by atoms with van der Waals surface area (Å²) in [7, 11) is 3.34.